The van der Waals surface area contributed by atoms with Gasteiger partial charge in [-0.1, -0.05) is 32.4 Å². The third kappa shape index (κ3) is 7.29. The Kier molecular flexibility index (Phi) is 6.92. The zero-order valence-electron chi connectivity index (χ0n) is 12.9. The summed E-state index contributed by atoms with van der Waals surface area (Å²) < 4.78 is 0. The van der Waals surface area contributed by atoms with Crippen molar-refractivity contribution in [2.75, 3.05) is 19.7 Å². The van der Waals surface area contributed by atoms with Gasteiger partial charge in [0.25, 0.3) is 0 Å². The zero-order chi connectivity index (χ0) is 15.9. The molecule has 1 heterocycles. The molecular weight excluding hydrogens is 290 g/mol. The summed E-state index contributed by atoms with van der Waals surface area (Å²) in [6, 6.07) is 3.38. The van der Waals surface area contributed by atoms with Crippen LogP contribution >= 0.6 is 11.6 Å². The molecule has 0 atom stereocenters. The van der Waals surface area contributed by atoms with E-state index >= 15 is 0 Å². The van der Waals surface area contributed by atoms with Crippen molar-refractivity contribution in [3.8, 4) is 0 Å². The van der Waals surface area contributed by atoms with Crippen molar-refractivity contribution < 1.29 is 9.90 Å². The first-order valence-electron chi connectivity index (χ1n) is 7.06. The second-order valence-corrected chi connectivity index (χ2v) is 6.62. The van der Waals surface area contributed by atoms with Gasteiger partial charge in [0.2, 0.25) is 0 Å². The maximum atomic E-state index is 12.2. The highest BCUT2D eigenvalue weighted by atomic mass is 35.5. The van der Waals surface area contributed by atoms with E-state index in [1.807, 2.05) is 0 Å². The molecule has 1 aromatic heterocycles. The van der Waals surface area contributed by atoms with Gasteiger partial charge in [0, 0.05) is 25.9 Å². The Hall–Kier alpha value is -1.33. The Bertz CT molecular complexity index is 443. The summed E-state index contributed by atoms with van der Waals surface area (Å²) in [5.41, 5.74) is 0.760. The highest BCUT2D eigenvalue weighted by Gasteiger charge is 2.20. The fourth-order valence-corrected chi connectivity index (χ4v) is 1.99. The normalized spacial score (nSPS) is 11.3. The number of hydrogen-bond acceptors (Lipinski definition) is 3. The van der Waals surface area contributed by atoms with Crippen LogP contribution in [0.25, 0.3) is 0 Å². The Labute approximate surface area is 131 Å². The van der Waals surface area contributed by atoms with Crippen LogP contribution in [0.5, 0.6) is 0 Å². The van der Waals surface area contributed by atoms with E-state index in [1.165, 1.54) is 0 Å². The van der Waals surface area contributed by atoms with Gasteiger partial charge in [-0.05, 0) is 24.0 Å². The van der Waals surface area contributed by atoms with Crippen molar-refractivity contribution in [2.45, 2.75) is 33.7 Å². The Morgan fingerprint density at radius 3 is 2.67 bits per heavy atom. The van der Waals surface area contributed by atoms with Gasteiger partial charge in [-0.2, -0.15) is 0 Å². The van der Waals surface area contributed by atoms with E-state index in [0.717, 1.165) is 5.69 Å². The zero-order valence-corrected chi connectivity index (χ0v) is 13.7. The Morgan fingerprint density at radius 2 is 2.14 bits per heavy atom. The van der Waals surface area contributed by atoms with Crippen molar-refractivity contribution in [2.24, 2.45) is 5.41 Å². The van der Waals surface area contributed by atoms with Crippen LogP contribution in [0.3, 0.4) is 0 Å². The number of hydrogen-bond donors (Lipinski definition) is 2. The van der Waals surface area contributed by atoms with E-state index in [0.29, 0.717) is 31.1 Å². The molecule has 0 aliphatic heterocycles. The highest BCUT2D eigenvalue weighted by Crippen LogP contribution is 2.15. The summed E-state index contributed by atoms with van der Waals surface area (Å²) >= 11 is 5.77. The van der Waals surface area contributed by atoms with E-state index in [2.05, 4.69) is 31.1 Å². The van der Waals surface area contributed by atoms with E-state index in [4.69, 9.17) is 16.7 Å². The van der Waals surface area contributed by atoms with Gasteiger partial charge >= 0.3 is 6.03 Å². The third-order valence-electron chi connectivity index (χ3n) is 2.75. The molecule has 0 fully saturated rings. The molecular formula is C15H24ClN3O2. The van der Waals surface area contributed by atoms with Crippen LogP contribution in [0.2, 0.25) is 5.02 Å². The molecule has 0 radical (unpaired) electrons. The molecule has 5 nitrogen and oxygen atoms in total. The number of carbonyl (C=O) groups excluding carboxylic acids is 1. The molecule has 6 heteroatoms. The van der Waals surface area contributed by atoms with Crippen LogP contribution in [-0.2, 0) is 6.54 Å². The lowest BCUT2D eigenvalue weighted by molar-refractivity contribution is 0.164. The maximum absolute atomic E-state index is 12.2. The van der Waals surface area contributed by atoms with E-state index in [1.54, 1.807) is 23.2 Å². The summed E-state index contributed by atoms with van der Waals surface area (Å²) in [4.78, 5) is 18.1. The number of carbonyl (C=O) groups is 1. The van der Waals surface area contributed by atoms with Gasteiger partial charge in [-0.25, -0.2) is 4.79 Å². The molecule has 118 valence electrons. The summed E-state index contributed by atoms with van der Waals surface area (Å²) in [5, 5.41) is 12.4. The second-order valence-electron chi connectivity index (χ2n) is 6.19. The monoisotopic (exact) mass is 313 g/mol. The molecule has 0 saturated heterocycles. The number of urea groups is 1. The van der Waals surface area contributed by atoms with Gasteiger partial charge in [0.15, 0.2) is 0 Å². The van der Waals surface area contributed by atoms with Crippen LogP contribution in [0.15, 0.2) is 18.3 Å². The lowest BCUT2D eigenvalue weighted by atomic mass is 9.96. The minimum Gasteiger partial charge on any atom is -0.396 e. The third-order valence-corrected chi connectivity index (χ3v) is 2.97. The minimum atomic E-state index is -0.143. The molecule has 0 aromatic carbocycles. The topological polar surface area (TPSA) is 65.5 Å². The van der Waals surface area contributed by atoms with Gasteiger partial charge in [0.05, 0.1) is 17.3 Å². The van der Waals surface area contributed by atoms with Crippen LogP contribution in [0.4, 0.5) is 4.79 Å². The standard InChI is InChI=1S/C15H24ClN3O2/c1-15(2,3)11-19(7-4-8-20)14(21)18-10-13-6-5-12(16)9-17-13/h5-6,9,20H,4,7-8,10-11H2,1-3H3,(H,18,21). The molecule has 21 heavy (non-hydrogen) atoms. The molecule has 0 saturated carbocycles. The number of aliphatic hydroxyl groups excluding tert-OH is 1. The largest absolute Gasteiger partial charge is 0.396 e. The molecule has 0 spiro atoms. The average Bonchev–Trinajstić information content (AvgIpc) is 2.41. The molecule has 0 aliphatic rings. The summed E-state index contributed by atoms with van der Waals surface area (Å²) in [5.74, 6) is 0. The quantitative estimate of drug-likeness (QED) is 0.848. The van der Waals surface area contributed by atoms with Gasteiger partial charge in [-0.3, -0.25) is 4.98 Å². The summed E-state index contributed by atoms with van der Waals surface area (Å²) in [7, 11) is 0. The van der Waals surface area contributed by atoms with Crippen LogP contribution < -0.4 is 5.32 Å². The Morgan fingerprint density at radius 1 is 1.43 bits per heavy atom. The maximum Gasteiger partial charge on any atom is 0.317 e. The predicted molar refractivity (Wildman–Crippen MR) is 84.2 cm³/mol. The number of nitrogens with zero attached hydrogens (tertiary/aromatic N) is 2. The number of nitrogens with one attached hydrogen (secondary N) is 1. The fourth-order valence-electron chi connectivity index (χ4n) is 1.88. The fraction of sp³-hybridized carbons (Fsp3) is 0.600. The summed E-state index contributed by atoms with van der Waals surface area (Å²) in [6.45, 7) is 7.83. The first-order valence-corrected chi connectivity index (χ1v) is 7.44. The predicted octanol–water partition coefficient (Wildman–Crippen LogP) is 2.68. The molecule has 0 bridgehead atoms. The van der Waals surface area contributed by atoms with Gasteiger partial charge < -0.3 is 15.3 Å². The second kappa shape index (κ2) is 8.20. The smallest absolute Gasteiger partial charge is 0.317 e. The number of amides is 2. The molecule has 2 amide bonds. The number of halogens is 1. The summed E-state index contributed by atoms with van der Waals surface area (Å²) in [6.07, 6.45) is 2.13. The number of aromatic nitrogens is 1. The SMILES string of the molecule is CC(C)(C)CN(CCCO)C(=O)NCc1ccc(Cl)cn1. The average molecular weight is 314 g/mol. The molecule has 1 aromatic rings. The van der Waals surface area contributed by atoms with E-state index < -0.39 is 0 Å². The van der Waals surface area contributed by atoms with E-state index in [-0.39, 0.29) is 18.1 Å². The first kappa shape index (κ1) is 17.7. The van der Waals surface area contributed by atoms with Crippen LogP contribution in [-0.4, -0.2) is 40.7 Å². The lowest BCUT2D eigenvalue weighted by Gasteiger charge is -2.30. The highest BCUT2D eigenvalue weighted by molar-refractivity contribution is 6.30. The molecule has 2 N–H and O–H groups in total. The van der Waals surface area contributed by atoms with Crippen molar-refractivity contribution in [3.63, 3.8) is 0 Å². The number of aliphatic hydroxyl groups is 1. The molecule has 0 aliphatic carbocycles. The van der Waals surface area contributed by atoms with Crippen molar-refractivity contribution in [1.82, 2.24) is 15.2 Å². The van der Waals surface area contributed by atoms with Crippen LogP contribution in [0, 0.1) is 5.41 Å². The van der Waals surface area contributed by atoms with Crippen molar-refractivity contribution in [3.05, 3.63) is 29.0 Å². The number of pyridine rings is 1. The van der Waals surface area contributed by atoms with Gasteiger partial charge in [-0.15, -0.1) is 0 Å². The van der Waals surface area contributed by atoms with Crippen molar-refractivity contribution >= 4 is 17.6 Å². The van der Waals surface area contributed by atoms with E-state index in [9.17, 15) is 4.79 Å². The van der Waals surface area contributed by atoms with Crippen molar-refractivity contribution in [1.29, 1.82) is 0 Å². The Balaban J connectivity index is 2.56. The van der Waals surface area contributed by atoms with Gasteiger partial charge in [0.1, 0.15) is 0 Å². The first-order chi connectivity index (χ1) is 9.81. The molecule has 0 unspecified atom stereocenters. The minimum absolute atomic E-state index is 0.00528. The molecule has 1 rings (SSSR count). The van der Waals surface area contributed by atoms with Crippen LogP contribution in [0.1, 0.15) is 32.9 Å². The lowest BCUT2D eigenvalue weighted by Crippen LogP contribution is -2.44. The number of rotatable bonds is 6.